The Bertz CT molecular complexity index is 385. The van der Waals surface area contributed by atoms with Crippen LogP contribution in [0.15, 0.2) is 18.5 Å². The highest BCUT2D eigenvalue weighted by Crippen LogP contribution is 2.13. The largest absolute Gasteiger partial charge is 0.299 e. The fourth-order valence-electron chi connectivity index (χ4n) is 1.55. The van der Waals surface area contributed by atoms with E-state index in [0.29, 0.717) is 12.0 Å². The molecule has 3 nitrogen and oxygen atoms in total. The molecule has 1 aromatic rings. The average Bonchev–Trinajstić information content (AvgIpc) is 2.18. The van der Waals surface area contributed by atoms with Crippen molar-refractivity contribution >= 4 is 11.6 Å². The Hall–Kier alpha value is -1.51. The van der Waals surface area contributed by atoms with Crippen LogP contribution in [-0.2, 0) is 4.79 Å². The predicted molar refractivity (Wildman–Crippen MR) is 57.8 cm³/mol. The number of Topliss-reactive ketones (excluding diaryl/α,β-unsaturated/α-hetero) is 2. The van der Waals surface area contributed by atoms with Gasteiger partial charge in [-0.3, -0.25) is 14.6 Å². The molecule has 1 aromatic heterocycles. The van der Waals surface area contributed by atoms with Gasteiger partial charge in [0, 0.05) is 18.0 Å². The molecule has 0 saturated carbocycles. The maximum atomic E-state index is 11.9. The van der Waals surface area contributed by atoms with Gasteiger partial charge in [-0.05, 0) is 31.9 Å². The molecule has 0 amide bonds. The van der Waals surface area contributed by atoms with Crippen LogP contribution in [0.1, 0.15) is 36.2 Å². The molecule has 0 spiro atoms. The third-order valence-corrected chi connectivity index (χ3v) is 2.37. The summed E-state index contributed by atoms with van der Waals surface area (Å²) in [4.78, 5) is 27.1. The first-order valence-electron chi connectivity index (χ1n) is 5.02. The van der Waals surface area contributed by atoms with Crippen molar-refractivity contribution in [2.45, 2.75) is 27.2 Å². The van der Waals surface area contributed by atoms with Gasteiger partial charge in [0.25, 0.3) is 0 Å². The zero-order valence-electron chi connectivity index (χ0n) is 9.28. The highest BCUT2D eigenvalue weighted by Gasteiger charge is 2.22. The Morgan fingerprint density at radius 3 is 2.53 bits per heavy atom. The van der Waals surface area contributed by atoms with Gasteiger partial charge < -0.3 is 0 Å². The fourth-order valence-corrected chi connectivity index (χ4v) is 1.55. The smallest absolute Gasteiger partial charge is 0.174 e. The van der Waals surface area contributed by atoms with Crippen LogP contribution in [-0.4, -0.2) is 16.6 Å². The lowest BCUT2D eigenvalue weighted by atomic mass is 9.92. The molecule has 1 atom stereocenters. The summed E-state index contributed by atoms with van der Waals surface area (Å²) < 4.78 is 0. The first-order chi connectivity index (χ1) is 7.06. The number of carbonyl (C=O) groups excluding carboxylic acids is 2. The molecule has 3 heteroatoms. The van der Waals surface area contributed by atoms with Gasteiger partial charge in [-0.25, -0.2) is 0 Å². The van der Waals surface area contributed by atoms with Crippen molar-refractivity contribution in [1.29, 1.82) is 0 Å². The second kappa shape index (κ2) is 4.82. The molecule has 1 heterocycles. The summed E-state index contributed by atoms with van der Waals surface area (Å²) in [6, 6.07) is 1.76. The molecule has 0 fully saturated rings. The van der Waals surface area contributed by atoms with E-state index in [-0.39, 0.29) is 11.6 Å². The molecule has 0 aliphatic heterocycles. The standard InChI is InChI=1S/C12H15NO2/c1-4-11(9(3)14)12(15)10-5-8(2)6-13-7-10/h5-7,11H,4H2,1-3H3. The van der Waals surface area contributed by atoms with E-state index in [4.69, 9.17) is 0 Å². The van der Waals surface area contributed by atoms with E-state index < -0.39 is 5.92 Å². The third kappa shape index (κ3) is 2.72. The van der Waals surface area contributed by atoms with Crippen LogP contribution in [0.5, 0.6) is 0 Å². The maximum Gasteiger partial charge on any atom is 0.174 e. The Kier molecular flexibility index (Phi) is 3.72. The molecule has 0 bridgehead atoms. The normalized spacial score (nSPS) is 12.2. The molecule has 1 rings (SSSR count). The van der Waals surface area contributed by atoms with Gasteiger partial charge in [-0.1, -0.05) is 6.92 Å². The molecule has 0 aliphatic carbocycles. The summed E-state index contributed by atoms with van der Waals surface area (Å²) in [6.45, 7) is 5.17. The highest BCUT2D eigenvalue weighted by molar-refractivity contribution is 6.09. The molecule has 1 unspecified atom stereocenters. The number of aromatic nitrogens is 1. The monoisotopic (exact) mass is 205 g/mol. The fraction of sp³-hybridized carbons (Fsp3) is 0.417. The Morgan fingerprint density at radius 2 is 2.07 bits per heavy atom. The molecule has 0 radical (unpaired) electrons. The van der Waals surface area contributed by atoms with Gasteiger partial charge >= 0.3 is 0 Å². The van der Waals surface area contributed by atoms with E-state index in [1.54, 1.807) is 12.3 Å². The van der Waals surface area contributed by atoms with Gasteiger partial charge in [-0.15, -0.1) is 0 Å². The number of ketones is 2. The second-order valence-corrected chi connectivity index (χ2v) is 3.69. The molecule has 80 valence electrons. The molecule has 0 N–H and O–H groups in total. The Morgan fingerprint density at radius 1 is 1.40 bits per heavy atom. The Balaban J connectivity index is 2.98. The summed E-state index contributed by atoms with van der Waals surface area (Å²) in [5, 5.41) is 0. The van der Waals surface area contributed by atoms with Crippen LogP contribution < -0.4 is 0 Å². The number of pyridine rings is 1. The van der Waals surface area contributed by atoms with Crippen LogP contribution in [0.25, 0.3) is 0 Å². The van der Waals surface area contributed by atoms with Gasteiger partial charge in [0.15, 0.2) is 5.78 Å². The molecule has 0 saturated heterocycles. The van der Waals surface area contributed by atoms with Crippen LogP contribution in [0.3, 0.4) is 0 Å². The van der Waals surface area contributed by atoms with E-state index in [1.165, 1.54) is 13.1 Å². The molecule has 15 heavy (non-hydrogen) atoms. The zero-order chi connectivity index (χ0) is 11.4. The van der Waals surface area contributed by atoms with Gasteiger partial charge in [0.1, 0.15) is 5.78 Å². The lowest BCUT2D eigenvalue weighted by Crippen LogP contribution is -2.21. The second-order valence-electron chi connectivity index (χ2n) is 3.69. The van der Waals surface area contributed by atoms with Gasteiger partial charge in [0.05, 0.1) is 5.92 Å². The summed E-state index contributed by atoms with van der Waals surface area (Å²) in [5.74, 6) is -0.723. The Labute approximate surface area is 89.5 Å². The van der Waals surface area contributed by atoms with Crippen molar-refractivity contribution in [2.24, 2.45) is 5.92 Å². The first-order valence-corrected chi connectivity index (χ1v) is 5.02. The third-order valence-electron chi connectivity index (χ3n) is 2.37. The van der Waals surface area contributed by atoms with Crippen molar-refractivity contribution in [2.75, 3.05) is 0 Å². The number of aryl methyl sites for hydroxylation is 1. The lowest BCUT2D eigenvalue weighted by molar-refractivity contribution is -0.119. The number of carbonyl (C=O) groups is 2. The first kappa shape index (κ1) is 11.6. The molecule has 0 aliphatic rings. The highest BCUT2D eigenvalue weighted by atomic mass is 16.1. The number of nitrogens with zero attached hydrogens (tertiary/aromatic N) is 1. The van der Waals surface area contributed by atoms with Gasteiger partial charge in [-0.2, -0.15) is 0 Å². The SMILES string of the molecule is CCC(C(C)=O)C(=O)c1cncc(C)c1. The van der Waals surface area contributed by atoms with E-state index >= 15 is 0 Å². The molecular formula is C12H15NO2. The van der Waals surface area contributed by atoms with Crippen molar-refractivity contribution in [1.82, 2.24) is 4.98 Å². The zero-order valence-corrected chi connectivity index (χ0v) is 9.28. The molecular weight excluding hydrogens is 190 g/mol. The lowest BCUT2D eigenvalue weighted by Gasteiger charge is -2.09. The van der Waals surface area contributed by atoms with Crippen molar-refractivity contribution in [3.05, 3.63) is 29.6 Å². The van der Waals surface area contributed by atoms with Crippen molar-refractivity contribution in [3.8, 4) is 0 Å². The summed E-state index contributed by atoms with van der Waals surface area (Å²) >= 11 is 0. The minimum absolute atomic E-state index is 0.0796. The van der Waals surface area contributed by atoms with Crippen LogP contribution in [0, 0.1) is 12.8 Å². The van der Waals surface area contributed by atoms with Crippen LogP contribution >= 0.6 is 0 Å². The van der Waals surface area contributed by atoms with Crippen molar-refractivity contribution < 1.29 is 9.59 Å². The molecule has 0 aromatic carbocycles. The van der Waals surface area contributed by atoms with Crippen LogP contribution in [0.2, 0.25) is 0 Å². The average molecular weight is 205 g/mol. The summed E-state index contributed by atoms with van der Waals surface area (Å²) in [5.41, 5.74) is 1.45. The van der Waals surface area contributed by atoms with E-state index in [9.17, 15) is 9.59 Å². The minimum Gasteiger partial charge on any atom is -0.299 e. The number of hydrogen-bond acceptors (Lipinski definition) is 3. The number of rotatable bonds is 4. The van der Waals surface area contributed by atoms with Gasteiger partial charge in [0.2, 0.25) is 0 Å². The van der Waals surface area contributed by atoms with E-state index in [2.05, 4.69) is 4.98 Å². The van der Waals surface area contributed by atoms with E-state index in [0.717, 1.165) is 5.56 Å². The predicted octanol–water partition coefficient (Wildman–Crippen LogP) is 2.19. The summed E-state index contributed by atoms with van der Waals surface area (Å²) in [6.07, 6.45) is 3.74. The number of hydrogen-bond donors (Lipinski definition) is 0. The van der Waals surface area contributed by atoms with E-state index in [1.807, 2.05) is 13.8 Å². The topological polar surface area (TPSA) is 47.0 Å². The summed E-state index contributed by atoms with van der Waals surface area (Å²) in [7, 11) is 0. The van der Waals surface area contributed by atoms with Crippen molar-refractivity contribution in [3.63, 3.8) is 0 Å². The quantitative estimate of drug-likeness (QED) is 0.559. The minimum atomic E-state index is -0.520. The van der Waals surface area contributed by atoms with Crippen LogP contribution in [0.4, 0.5) is 0 Å². The maximum absolute atomic E-state index is 11.9.